The molecule has 1 aliphatic rings. The molecule has 1 atom stereocenters. The van der Waals surface area contributed by atoms with Gasteiger partial charge in [0.1, 0.15) is 25.8 Å². The zero-order valence-electron chi connectivity index (χ0n) is 20.9. The molecule has 0 bridgehead atoms. The number of amides is 2. The summed E-state index contributed by atoms with van der Waals surface area (Å²) in [5.74, 6) is -0.159. The average molecular weight is 538 g/mol. The van der Waals surface area contributed by atoms with Crippen LogP contribution in [0.2, 0.25) is 5.02 Å². The van der Waals surface area contributed by atoms with Crippen molar-refractivity contribution in [2.24, 2.45) is 0 Å². The van der Waals surface area contributed by atoms with E-state index in [1.54, 1.807) is 49.4 Å². The maximum atomic E-state index is 13.6. The van der Waals surface area contributed by atoms with E-state index < -0.39 is 28.5 Å². The van der Waals surface area contributed by atoms with Crippen molar-refractivity contribution in [2.75, 3.05) is 29.8 Å². The van der Waals surface area contributed by atoms with Gasteiger partial charge in [-0.2, -0.15) is 0 Å². The molecule has 0 unspecified atom stereocenters. The molecule has 0 fully saturated rings. The summed E-state index contributed by atoms with van der Waals surface area (Å²) >= 11 is 6.00. The number of hydrogen-bond acceptors (Lipinski definition) is 6. The molecular formula is C25H32ClN3O6S. The molecule has 1 N–H and O–H groups in total. The van der Waals surface area contributed by atoms with Crippen molar-refractivity contribution in [1.82, 2.24) is 10.2 Å². The van der Waals surface area contributed by atoms with Crippen molar-refractivity contribution < 1.29 is 27.5 Å². The minimum atomic E-state index is -3.84. The van der Waals surface area contributed by atoms with E-state index >= 15 is 0 Å². The lowest BCUT2D eigenvalue weighted by atomic mass is 10.1. The Labute approximate surface area is 217 Å². The van der Waals surface area contributed by atoms with Crippen LogP contribution in [-0.2, 0) is 26.2 Å². The average Bonchev–Trinajstić information content (AvgIpc) is 2.85. The smallest absolute Gasteiger partial charge is 0.244 e. The van der Waals surface area contributed by atoms with Gasteiger partial charge in [0.2, 0.25) is 21.8 Å². The summed E-state index contributed by atoms with van der Waals surface area (Å²) in [5.41, 5.74) is 1.03. The normalized spacial score (nSPS) is 13.7. The highest BCUT2D eigenvalue weighted by Gasteiger charge is 2.31. The molecule has 3 rings (SSSR count). The predicted molar refractivity (Wildman–Crippen MR) is 139 cm³/mol. The molecule has 36 heavy (non-hydrogen) atoms. The first kappa shape index (κ1) is 27.6. The van der Waals surface area contributed by atoms with E-state index in [0.29, 0.717) is 29.7 Å². The Morgan fingerprint density at radius 2 is 1.67 bits per heavy atom. The Balaban J connectivity index is 1.94. The third kappa shape index (κ3) is 6.82. The van der Waals surface area contributed by atoms with E-state index in [-0.39, 0.29) is 29.9 Å². The van der Waals surface area contributed by atoms with Gasteiger partial charge in [-0.15, -0.1) is 0 Å². The Morgan fingerprint density at radius 1 is 1.03 bits per heavy atom. The molecule has 1 aliphatic heterocycles. The number of nitrogens with one attached hydrogen (secondary N) is 1. The topological polar surface area (TPSA) is 105 Å². The van der Waals surface area contributed by atoms with E-state index in [1.165, 1.54) is 11.8 Å². The summed E-state index contributed by atoms with van der Waals surface area (Å²) < 4.78 is 38.3. The number of nitrogens with zero attached hydrogens (tertiary/aromatic N) is 2. The molecule has 196 valence electrons. The first-order chi connectivity index (χ1) is 17.0. The van der Waals surface area contributed by atoms with Gasteiger partial charge >= 0.3 is 0 Å². The summed E-state index contributed by atoms with van der Waals surface area (Å²) in [6, 6.07) is 10.7. The molecule has 0 saturated heterocycles. The van der Waals surface area contributed by atoms with Gasteiger partial charge in [-0.3, -0.25) is 13.9 Å². The van der Waals surface area contributed by atoms with E-state index in [4.69, 9.17) is 21.1 Å². The number of hydrogen-bond donors (Lipinski definition) is 1. The summed E-state index contributed by atoms with van der Waals surface area (Å²) in [5, 5.41) is 3.36. The number of carbonyl (C=O) groups is 2. The van der Waals surface area contributed by atoms with Crippen molar-refractivity contribution >= 4 is 39.1 Å². The minimum absolute atomic E-state index is 0.101. The zero-order chi connectivity index (χ0) is 26.5. The SMILES string of the molecule is CCS(=O)(=O)N(CC(=O)N(Cc1ccc(Cl)cc1)[C@H](C)C(=O)NC(C)C)c1ccc2c(c1)OCCO2. The quantitative estimate of drug-likeness (QED) is 0.499. The molecule has 2 amide bonds. The molecule has 2 aromatic rings. The van der Waals surface area contributed by atoms with Gasteiger partial charge in [0.25, 0.3) is 0 Å². The van der Waals surface area contributed by atoms with Gasteiger partial charge in [0.15, 0.2) is 11.5 Å². The number of sulfonamides is 1. The fraction of sp³-hybridized carbons (Fsp3) is 0.440. The number of benzene rings is 2. The Bertz CT molecular complexity index is 1190. The third-order valence-corrected chi connectivity index (χ3v) is 7.65. The van der Waals surface area contributed by atoms with Crippen LogP contribution in [0.4, 0.5) is 5.69 Å². The van der Waals surface area contributed by atoms with Gasteiger partial charge in [0.05, 0.1) is 11.4 Å². The molecular weight excluding hydrogens is 506 g/mol. The van der Waals surface area contributed by atoms with Crippen molar-refractivity contribution in [2.45, 2.75) is 46.3 Å². The lowest BCUT2D eigenvalue weighted by molar-refractivity contribution is -0.139. The summed E-state index contributed by atoms with van der Waals surface area (Å²) in [7, 11) is -3.84. The lowest BCUT2D eigenvalue weighted by Gasteiger charge is -2.32. The largest absolute Gasteiger partial charge is 0.486 e. The van der Waals surface area contributed by atoms with Crippen molar-refractivity contribution in [3.05, 3.63) is 53.1 Å². The number of ether oxygens (including phenoxy) is 2. The second kappa shape index (κ2) is 11.8. The van der Waals surface area contributed by atoms with Gasteiger partial charge < -0.3 is 19.7 Å². The molecule has 0 radical (unpaired) electrons. The van der Waals surface area contributed by atoms with Crippen LogP contribution in [0.1, 0.15) is 33.3 Å². The summed E-state index contributed by atoms with van der Waals surface area (Å²) in [4.78, 5) is 27.8. The van der Waals surface area contributed by atoms with Crippen LogP contribution in [0.5, 0.6) is 11.5 Å². The predicted octanol–water partition coefficient (Wildman–Crippen LogP) is 3.21. The molecule has 2 aromatic carbocycles. The minimum Gasteiger partial charge on any atom is -0.486 e. The fourth-order valence-corrected chi connectivity index (χ4v) is 4.86. The molecule has 0 aliphatic carbocycles. The Hall–Kier alpha value is -2.98. The van der Waals surface area contributed by atoms with Gasteiger partial charge in [0, 0.05) is 23.7 Å². The van der Waals surface area contributed by atoms with E-state index in [0.717, 1.165) is 9.87 Å². The van der Waals surface area contributed by atoms with Crippen LogP contribution in [0.3, 0.4) is 0 Å². The maximum absolute atomic E-state index is 13.6. The highest BCUT2D eigenvalue weighted by molar-refractivity contribution is 7.92. The van der Waals surface area contributed by atoms with Crippen LogP contribution < -0.4 is 19.1 Å². The molecule has 0 saturated carbocycles. The van der Waals surface area contributed by atoms with Crippen molar-refractivity contribution in [3.8, 4) is 11.5 Å². The van der Waals surface area contributed by atoms with Crippen LogP contribution in [0.25, 0.3) is 0 Å². The van der Waals surface area contributed by atoms with Crippen LogP contribution in [-0.4, -0.2) is 62.7 Å². The molecule has 0 aromatic heterocycles. The zero-order valence-corrected chi connectivity index (χ0v) is 22.4. The maximum Gasteiger partial charge on any atom is 0.244 e. The summed E-state index contributed by atoms with van der Waals surface area (Å²) in [6.07, 6.45) is 0. The first-order valence-corrected chi connectivity index (χ1v) is 13.7. The van der Waals surface area contributed by atoms with Crippen LogP contribution in [0, 0.1) is 0 Å². The lowest BCUT2D eigenvalue weighted by Crippen LogP contribution is -2.52. The second-order valence-corrected chi connectivity index (χ2v) is 11.3. The standard InChI is InChI=1S/C25H32ClN3O6S/c1-5-36(32,33)29(21-10-11-22-23(14-21)35-13-12-34-22)16-24(30)28(18(4)25(31)27-17(2)3)15-19-6-8-20(26)9-7-19/h6-11,14,17-18H,5,12-13,15-16H2,1-4H3,(H,27,31)/t18-/m1/s1. The number of halogens is 1. The van der Waals surface area contributed by atoms with E-state index in [2.05, 4.69) is 5.32 Å². The molecule has 9 nitrogen and oxygen atoms in total. The second-order valence-electron chi connectivity index (χ2n) is 8.72. The van der Waals surface area contributed by atoms with E-state index in [9.17, 15) is 18.0 Å². The van der Waals surface area contributed by atoms with Crippen molar-refractivity contribution in [1.29, 1.82) is 0 Å². The first-order valence-electron chi connectivity index (χ1n) is 11.8. The van der Waals surface area contributed by atoms with Gasteiger partial charge in [-0.05, 0) is 57.5 Å². The van der Waals surface area contributed by atoms with Crippen molar-refractivity contribution in [3.63, 3.8) is 0 Å². The highest BCUT2D eigenvalue weighted by Crippen LogP contribution is 2.35. The monoisotopic (exact) mass is 537 g/mol. The number of carbonyl (C=O) groups excluding carboxylic acids is 2. The number of rotatable bonds is 10. The van der Waals surface area contributed by atoms with Gasteiger partial charge in [-0.1, -0.05) is 23.7 Å². The third-order valence-electron chi connectivity index (χ3n) is 5.66. The molecule has 0 spiro atoms. The van der Waals surface area contributed by atoms with Crippen LogP contribution in [0.15, 0.2) is 42.5 Å². The van der Waals surface area contributed by atoms with Gasteiger partial charge in [-0.25, -0.2) is 8.42 Å². The van der Waals surface area contributed by atoms with Crippen LogP contribution >= 0.6 is 11.6 Å². The van der Waals surface area contributed by atoms with E-state index in [1.807, 2.05) is 13.8 Å². The summed E-state index contributed by atoms with van der Waals surface area (Å²) in [6.45, 7) is 7.14. The highest BCUT2D eigenvalue weighted by atomic mass is 35.5. The Kier molecular flexibility index (Phi) is 9.08. The Morgan fingerprint density at radius 3 is 2.28 bits per heavy atom. The molecule has 1 heterocycles. The number of fused-ring (bicyclic) bond motifs is 1. The fourth-order valence-electron chi connectivity index (χ4n) is 3.68. The number of anilines is 1. The molecule has 11 heteroatoms.